The molecule has 0 aliphatic carbocycles. The van der Waals surface area contributed by atoms with Gasteiger partial charge in [-0.15, -0.1) is 0 Å². The fraction of sp³-hybridized carbons (Fsp3) is 0.538. The van der Waals surface area contributed by atoms with Crippen LogP contribution in [0.1, 0.15) is 24.0 Å². The molecule has 3 N–H and O–H groups in total. The normalized spacial score (nSPS) is 20.5. The molecule has 1 aromatic carbocycles. The average molecular weight is 205 g/mol. The number of benzene rings is 1. The van der Waals surface area contributed by atoms with Crippen LogP contribution in [0.5, 0.6) is 0 Å². The summed E-state index contributed by atoms with van der Waals surface area (Å²) in [4.78, 5) is 0. The molecule has 15 heavy (non-hydrogen) atoms. The smallest absolute Gasteiger partial charge is 0.104 e. The maximum absolute atomic E-state index is 3.55. The maximum atomic E-state index is 3.55. The maximum Gasteiger partial charge on any atom is 0.104 e. The fourth-order valence-electron chi connectivity index (χ4n) is 2.29. The number of anilines is 1. The Bertz CT molecular complexity index is 327. The molecule has 1 saturated heterocycles. The second-order valence-electron chi connectivity index (χ2n) is 4.63. The lowest BCUT2D eigenvalue weighted by Gasteiger charge is -2.12. The van der Waals surface area contributed by atoms with Crippen molar-refractivity contribution < 1.29 is 5.32 Å². The van der Waals surface area contributed by atoms with Gasteiger partial charge < -0.3 is 10.6 Å². The van der Waals surface area contributed by atoms with Crippen molar-refractivity contribution >= 4 is 5.69 Å². The van der Waals surface area contributed by atoms with E-state index in [9.17, 15) is 0 Å². The van der Waals surface area contributed by atoms with Gasteiger partial charge in [-0.2, -0.15) is 0 Å². The van der Waals surface area contributed by atoms with Crippen LogP contribution >= 0.6 is 0 Å². The van der Waals surface area contributed by atoms with Gasteiger partial charge >= 0.3 is 0 Å². The molecular formula is C13H21N2+. The summed E-state index contributed by atoms with van der Waals surface area (Å²) < 4.78 is 0. The monoisotopic (exact) mass is 205 g/mol. The highest BCUT2D eigenvalue weighted by Gasteiger charge is 2.17. The number of quaternary nitrogens is 1. The Morgan fingerprint density at radius 2 is 2.27 bits per heavy atom. The third kappa shape index (κ3) is 2.72. The molecule has 1 heterocycles. The number of nitrogens with two attached hydrogens (primary N) is 1. The van der Waals surface area contributed by atoms with Gasteiger partial charge in [0, 0.05) is 18.5 Å². The van der Waals surface area contributed by atoms with E-state index in [1.165, 1.54) is 36.2 Å². The van der Waals surface area contributed by atoms with Crippen molar-refractivity contribution in [3.8, 4) is 0 Å². The van der Waals surface area contributed by atoms with Crippen molar-refractivity contribution in [2.75, 3.05) is 18.4 Å². The highest BCUT2D eigenvalue weighted by atomic mass is 15.0. The predicted molar refractivity (Wildman–Crippen MR) is 64.2 cm³/mol. The van der Waals surface area contributed by atoms with Gasteiger partial charge in [0.25, 0.3) is 0 Å². The molecule has 0 bridgehead atoms. The van der Waals surface area contributed by atoms with Crippen molar-refractivity contribution in [1.82, 2.24) is 0 Å². The minimum absolute atomic E-state index is 0.783. The largest absolute Gasteiger partial charge is 0.379 e. The van der Waals surface area contributed by atoms with Crippen LogP contribution in [0.2, 0.25) is 0 Å². The van der Waals surface area contributed by atoms with Gasteiger partial charge in [0.05, 0.1) is 13.1 Å². The Labute approximate surface area is 92.1 Å². The Hall–Kier alpha value is -1.02. The summed E-state index contributed by atoms with van der Waals surface area (Å²) in [5.74, 6) is 0. The zero-order valence-corrected chi connectivity index (χ0v) is 9.72. The Kier molecular flexibility index (Phi) is 3.27. The quantitative estimate of drug-likeness (QED) is 0.768. The van der Waals surface area contributed by atoms with Gasteiger partial charge in [0.15, 0.2) is 0 Å². The fourth-order valence-corrected chi connectivity index (χ4v) is 2.29. The second-order valence-corrected chi connectivity index (χ2v) is 4.63. The van der Waals surface area contributed by atoms with E-state index in [-0.39, 0.29) is 0 Å². The molecular weight excluding hydrogens is 184 g/mol. The molecule has 82 valence electrons. The van der Waals surface area contributed by atoms with Gasteiger partial charge in [0.2, 0.25) is 0 Å². The molecule has 0 aromatic heterocycles. The topological polar surface area (TPSA) is 28.6 Å². The molecule has 1 aliphatic heterocycles. The van der Waals surface area contributed by atoms with Gasteiger partial charge in [0.1, 0.15) is 6.04 Å². The molecule has 1 fully saturated rings. The molecule has 2 nitrogen and oxygen atoms in total. The van der Waals surface area contributed by atoms with Gasteiger partial charge in [-0.05, 0) is 25.5 Å². The van der Waals surface area contributed by atoms with E-state index < -0.39 is 0 Å². The standard InChI is InChI=1S/C13H20N2/c1-10-5-6-13(11(2)8-10)15-9-12-4-3-7-14-12/h5-6,8,12,14-15H,3-4,7,9H2,1-2H3/p+1/t12-/m1/s1. The van der Waals surface area contributed by atoms with Gasteiger partial charge in [-0.3, -0.25) is 0 Å². The summed E-state index contributed by atoms with van der Waals surface area (Å²) in [5.41, 5.74) is 3.99. The molecule has 2 rings (SSSR count). The lowest BCUT2D eigenvalue weighted by molar-refractivity contribution is -0.666. The van der Waals surface area contributed by atoms with E-state index in [1.807, 2.05) is 0 Å². The van der Waals surface area contributed by atoms with E-state index in [4.69, 9.17) is 0 Å². The molecule has 0 unspecified atom stereocenters. The highest BCUT2D eigenvalue weighted by molar-refractivity contribution is 5.51. The van der Waals surface area contributed by atoms with Crippen LogP contribution in [0.4, 0.5) is 5.69 Å². The molecule has 1 aromatic rings. The van der Waals surface area contributed by atoms with E-state index in [0.29, 0.717) is 0 Å². The first-order chi connectivity index (χ1) is 7.25. The first-order valence-corrected chi connectivity index (χ1v) is 5.90. The number of nitrogens with one attached hydrogen (secondary N) is 1. The van der Waals surface area contributed by atoms with Crippen molar-refractivity contribution in [3.05, 3.63) is 29.3 Å². The lowest BCUT2D eigenvalue weighted by Crippen LogP contribution is -2.87. The lowest BCUT2D eigenvalue weighted by atomic mass is 10.1. The van der Waals surface area contributed by atoms with E-state index in [1.54, 1.807) is 0 Å². The van der Waals surface area contributed by atoms with Crippen LogP contribution in [0.15, 0.2) is 18.2 Å². The van der Waals surface area contributed by atoms with Crippen molar-refractivity contribution in [2.24, 2.45) is 0 Å². The number of hydrogen-bond donors (Lipinski definition) is 2. The third-order valence-electron chi connectivity index (χ3n) is 3.22. The second kappa shape index (κ2) is 4.67. The summed E-state index contributed by atoms with van der Waals surface area (Å²) >= 11 is 0. The molecule has 0 spiro atoms. The molecule has 0 amide bonds. The van der Waals surface area contributed by atoms with E-state index in [0.717, 1.165) is 12.6 Å². The molecule has 0 saturated carbocycles. The molecule has 1 aliphatic rings. The van der Waals surface area contributed by atoms with Crippen molar-refractivity contribution in [1.29, 1.82) is 0 Å². The van der Waals surface area contributed by atoms with Crippen molar-refractivity contribution in [2.45, 2.75) is 32.7 Å². The molecule has 0 radical (unpaired) electrons. The van der Waals surface area contributed by atoms with Crippen LogP contribution < -0.4 is 10.6 Å². The summed E-state index contributed by atoms with van der Waals surface area (Å²) in [6.45, 7) is 6.72. The van der Waals surface area contributed by atoms with Crippen LogP contribution in [-0.4, -0.2) is 19.1 Å². The summed E-state index contributed by atoms with van der Waals surface area (Å²) in [7, 11) is 0. The first kappa shape index (κ1) is 10.5. The zero-order chi connectivity index (χ0) is 10.7. The molecule has 2 heteroatoms. The summed E-state index contributed by atoms with van der Waals surface area (Å²) in [6.07, 6.45) is 2.73. The van der Waals surface area contributed by atoms with Crippen molar-refractivity contribution in [3.63, 3.8) is 0 Å². The van der Waals surface area contributed by atoms with Crippen LogP contribution in [0.3, 0.4) is 0 Å². The van der Waals surface area contributed by atoms with Gasteiger partial charge in [-0.25, -0.2) is 0 Å². The first-order valence-electron chi connectivity index (χ1n) is 5.90. The van der Waals surface area contributed by atoms with Crippen LogP contribution in [0.25, 0.3) is 0 Å². The SMILES string of the molecule is Cc1ccc(NC[C@H]2CCC[NH2+]2)c(C)c1. The zero-order valence-electron chi connectivity index (χ0n) is 9.72. The Balaban J connectivity index is 1.92. The van der Waals surface area contributed by atoms with E-state index in [2.05, 4.69) is 42.7 Å². The summed E-state index contributed by atoms with van der Waals surface area (Å²) in [6, 6.07) is 7.39. The number of aryl methyl sites for hydroxylation is 2. The summed E-state index contributed by atoms with van der Waals surface area (Å²) in [5, 5.41) is 6.01. The average Bonchev–Trinajstić information content (AvgIpc) is 2.69. The minimum Gasteiger partial charge on any atom is -0.379 e. The Morgan fingerprint density at radius 1 is 1.40 bits per heavy atom. The third-order valence-corrected chi connectivity index (χ3v) is 3.22. The number of hydrogen-bond acceptors (Lipinski definition) is 1. The van der Waals surface area contributed by atoms with E-state index >= 15 is 0 Å². The van der Waals surface area contributed by atoms with Crippen LogP contribution in [-0.2, 0) is 0 Å². The highest BCUT2D eigenvalue weighted by Crippen LogP contribution is 2.16. The van der Waals surface area contributed by atoms with Crippen LogP contribution in [0, 0.1) is 13.8 Å². The predicted octanol–water partition coefficient (Wildman–Crippen LogP) is 1.44. The minimum atomic E-state index is 0.783. The Morgan fingerprint density at radius 3 is 2.93 bits per heavy atom. The number of rotatable bonds is 3. The van der Waals surface area contributed by atoms with Gasteiger partial charge in [-0.1, -0.05) is 17.7 Å². The molecule has 1 atom stereocenters.